The minimum atomic E-state index is -0.335. The van der Waals surface area contributed by atoms with Crippen LogP contribution in [-0.2, 0) is 9.53 Å². The van der Waals surface area contributed by atoms with Crippen molar-refractivity contribution in [3.8, 4) is 0 Å². The quantitative estimate of drug-likeness (QED) is 0.752. The Morgan fingerprint density at radius 3 is 3.10 bits per heavy atom. The third kappa shape index (κ3) is 3.77. The topological polar surface area (TPSA) is 100 Å². The summed E-state index contributed by atoms with van der Waals surface area (Å²) in [5, 5.41) is 8.81. The number of nitrogens with zero attached hydrogens (tertiary/aromatic N) is 3. The van der Waals surface area contributed by atoms with Crippen molar-refractivity contribution < 1.29 is 14.3 Å². The number of hydrogen-bond acceptors (Lipinski definition) is 5. The highest BCUT2D eigenvalue weighted by atomic mass is 16.5. The first kappa shape index (κ1) is 14.4. The molecule has 1 fully saturated rings. The number of aromatic nitrogens is 3. The van der Waals surface area contributed by atoms with Crippen LogP contribution in [0.3, 0.4) is 0 Å². The van der Waals surface area contributed by atoms with E-state index in [2.05, 4.69) is 34.3 Å². The lowest BCUT2D eigenvalue weighted by Crippen LogP contribution is -2.51. The number of rotatable bonds is 5. The number of nitrogens with one attached hydrogen (secondary N) is 2. The van der Waals surface area contributed by atoms with Crippen LogP contribution in [0, 0.1) is 5.92 Å². The Balaban J connectivity index is 1.81. The second-order valence-corrected chi connectivity index (χ2v) is 5.17. The molecule has 1 atom stereocenters. The lowest BCUT2D eigenvalue weighted by molar-refractivity contribution is -0.149. The molecule has 2 heterocycles. The van der Waals surface area contributed by atoms with Gasteiger partial charge in [0.25, 0.3) is 5.91 Å². The first-order valence-corrected chi connectivity index (χ1v) is 6.59. The monoisotopic (exact) mass is 281 g/mol. The summed E-state index contributed by atoms with van der Waals surface area (Å²) >= 11 is 0. The summed E-state index contributed by atoms with van der Waals surface area (Å²) in [5.41, 5.74) is 0. The third-order valence-corrected chi connectivity index (χ3v) is 2.93. The predicted molar refractivity (Wildman–Crippen MR) is 69.9 cm³/mol. The van der Waals surface area contributed by atoms with E-state index in [1.165, 1.54) is 6.33 Å². The summed E-state index contributed by atoms with van der Waals surface area (Å²) in [7, 11) is 0. The largest absolute Gasteiger partial charge is 0.365 e. The number of morpholine rings is 1. The fourth-order valence-electron chi connectivity index (χ4n) is 2.03. The number of ether oxygens (including phenoxy) is 1. The van der Waals surface area contributed by atoms with Gasteiger partial charge in [0.05, 0.1) is 6.10 Å². The molecule has 110 valence electrons. The van der Waals surface area contributed by atoms with E-state index in [9.17, 15) is 9.59 Å². The molecule has 1 saturated heterocycles. The molecule has 8 nitrogen and oxygen atoms in total. The predicted octanol–water partition coefficient (Wildman–Crippen LogP) is -0.582. The molecule has 0 aliphatic carbocycles. The normalized spacial score (nSPS) is 19.4. The van der Waals surface area contributed by atoms with Crippen LogP contribution < -0.4 is 5.32 Å². The van der Waals surface area contributed by atoms with E-state index in [0.29, 0.717) is 25.6 Å². The van der Waals surface area contributed by atoms with Crippen LogP contribution in [0.1, 0.15) is 24.5 Å². The molecule has 0 saturated carbocycles. The van der Waals surface area contributed by atoms with Gasteiger partial charge in [0.1, 0.15) is 12.9 Å². The molecular weight excluding hydrogens is 262 g/mol. The summed E-state index contributed by atoms with van der Waals surface area (Å²) in [5.74, 6) is 0.229. The summed E-state index contributed by atoms with van der Waals surface area (Å²) < 4.78 is 5.42. The highest BCUT2D eigenvalue weighted by Gasteiger charge is 2.27. The van der Waals surface area contributed by atoms with E-state index in [-0.39, 0.29) is 30.3 Å². The fourth-order valence-corrected chi connectivity index (χ4v) is 2.03. The van der Waals surface area contributed by atoms with Crippen LogP contribution >= 0.6 is 0 Å². The average molecular weight is 281 g/mol. The second-order valence-electron chi connectivity index (χ2n) is 5.17. The van der Waals surface area contributed by atoms with Crippen molar-refractivity contribution in [2.24, 2.45) is 5.92 Å². The first-order valence-electron chi connectivity index (χ1n) is 6.59. The molecule has 0 bridgehead atoms. The number of hydrogen-bond donors (Lipinski definition) is 2. The molecule has 1 aromatic heterocycles. The number of carbonyl (C=O) groups excluding carboxylic acids is 2. The van der Waals surface area contributed by atoms with Crippen molar-refractivity contribution in [3.05, 3.63) is 12.2 Å². The second kappa shape index (κ2) is 6.47. The molecule has 2 amide bonds. The lowest BCUT2D eigenvalue weighted by Gasteiger charge is -2.33. The van der Waals surface area contributed by atoms with Gasteiger partial charge in [0, 0.05) is 19.6 Å². The van der Waals surface area contributed by atoms with E-state index in [4.69, 9.17) is 4.74 Å². The Hall–Kier alpha value is -1.96. The Bertz CT molecular complexity index is 460. The highest BCUT2D eigenvalue weighted by molar-refractivity contribution is 5.90. The van der Waals surface area contributed by atoms with Crippen molar-refractivity contribution in [1.82, 2.24) is 25.4 Å². The van der Waals surface area contributed by atoms with Crippen LogP contribution in [0.15, 0.2) is 6.33 Å². The molecule has 0 aromatic carbocycles. The Morgan fingerprint density at radius 1 is 1.65 bits per heavy atom. The molecule has 1 aliphatic rings. The average Bonchev–Trinajstić information content (AvgIpc) is 2.92. The van der Waals surface area contributed by atoms with Gasteiger partial charge in [-0.2, -0.15) is 5.10 Å². The maximum atomic E-state index is 11.7. The zero-order valence-corrected chi connectivity index (χ0v) is 11.6. The summed E-state index contributed by atoms with van der Waals surface area (Å²) in [6.07, 6.45) is 1.08. The van der Waals surface area contributed by atoms with Crippen molar-refractivity contribution in [2.45, 2.75) is 20.0 Å². The van der Waals surface area contributed by atoms with Crippen LogP contribution in [0.25, 0.3) is 0 Å². The smallest absolute Gasteiger partial charge is 0.288 e. The van der Waals surface area contributed by atoms with Crippen LogP contribution in [0.2, 0.25) is 0 Å². The van der Waals surface area contributed by atoms with Crippen LogP contribution in [0.5, 0.6) is 0 Å². The summed E-state index contributed by atoms with van der Waals surface area (Å²) in [6, 6.07) is 0. The zero-order chi connectivity index (χ0) is 14.5. The lowest BCUT2D eigenvalue weighted by atomic mass is 10.1. The molecule has 0 spiro atoms. The molecule has 1 unspecified atom stereocenters. The molecular formula is C12H19N5O3. The molecule has 2 rings (SSSR count). The molecule has 1 aliphatic heterocycles. The van der Waals surface area contributed by atoms with E-state index in [1.807, 2.05) is 0 Å². The zero-order valence-electron chi connectivity index (χ0n) is 11.6. The molecule has 2 N–H and O–H groups in total. The van der Waals surface area contributed by atoms with Gasteiger partial charge in [-0.1, -0.05) is 13.8 Å². The van der Waals surface area contributed by atoms with Gasteiger partial charge in [0.15, 0.2) is 0 Å². The van der Waals surface area contributed by atoms with Crippen molar-refractivity contribution in [1.29, 1.82) is 0 Å². The Morgan fingerprint density at radius 2 is 2.45 bits per heavy atom. The molecule has 20 heavy (non-hydrogen) atoms. The maximum Gasteiger partial charge on any atom is 0.288 e. The molecule has 1 aromatic rings. The van der Waals surface area contributed by atoms with Crippen LogP contribution in [-0.4, -0.2) is 64.2 Å². The van der Waals surface area contributed by atoms with E-state index in [0.717, 1.165) is 0 Å². The van der Waals surface area contributed by atoms with Gasteiger partial charge in [-0.15, -0.1) is 0 Å². The Kier molecular flexibility index (Phi) is 4.67. The molecule has 8 heteroatoms. The number of amides is 2. The van der Waals surface area contributed by atoms with Gasteiger partial charge in [-0.05, 0) is 5.92 Å². The van der Waals surface area contributed by atoms with E-state index < -0.39 is 0 Å². The molecule has 0 radical (unpaired) electrons. The summed E-state index contributed by atoms with van der Waals surface area (Å²) in [6.45, 7) is 5.71. The SMILES string of the molecule is CC(C)CN1CC(CNC(=O)c2ncn[nH]2)OCC1=O. The minimum Gasteiger partial charge on any atom is -0.365 e. The number of carbonyl (C=O) groups is 2. The van der Waals surface area contributed by atoms with Gasteiger partial charge in [-0.3, -0.25) is 14.7 Å². The van der Waals surface area contributed by atoms with E-state index >= 15 is 0 Å². The van der Waals surface area contributed by atoms with Crippen LogP contribution in [0.4, 0.5) is 0 Å². The fraction of sp³-hybridized carbons (Fsp3) is 0.667. The van der Waals surface area contributed by atoms with Gasteiger partial charge < -0.3 is 15.0 Å². The minimum absolute atomic E-state index is 0.00323. The third-order valence-electron chi connectivity index (χ3n) is 2.93. The van der Waals surface area contributed by atoms with Gasteiger partial charge in [-0.25, -0.2) is 4.98 Å². The number of aromatic amines is 1. The highest BCUT2D eigenvalue weighted by Crippen LogP contribution is 2.08. The maximum absolute atomic E-state index is 11.7. The standard InChI is InChI=1S/C12H19N5O3/c1-8(2)4-17-5-9(20-6-10(17)18)3-13-12(19)11-14-7-15-16-11/h7-9H,3-6H2,1-2H3,(H,13,19)(H,14,15,16). The van der Waals surface area contributed by atoms with E-state index in [1.54, 1.807) is 4.90 Å². The van der Waals surface area contributed by atoms with Crippen molar-refractivity contribution in [2.75, 3.05) is 26.2 Å². The number of H-pyrrole nitrogens is 1. The van der Waals surface area contributed by atoms with Gasteiger partial charge >= 0.3 is 0 Å². The Labute approximate surface area is 116 Å². The van der Waals surface area contributed by atoms with Crippen molar-refractivity contribution >= 4 is 11.8 Å². The van der Waals surface area contributed by atoms with Crippen molar-refractivity contribution in [3.63, 3.8) is 0 Å². The summed E-state index contributed by atoms with van der Waals surface area (Å²) in [4.78, 5) is 28.9. The van der Waals surface area contributed by atoms with Gasteiger partial charge in [0.2, 0.25) is 11.7 Å². The first-order chi connectivity index (χ1) is 9.56.